The highest BCUT2D eigenvalue weighted by atomic mass is 35.5. The molecule has 0 radical (unpaired) electrons. The molecule has 2 heterocycles. The maximum atomic E-state index is 13.6. The number of ketones is 2. The Morgan fingerprint density at radius 1 is 1.24 bits per heavy atom. The Morgan fingerprint density at radius 2 is 2.00 bits per heavy atom. The van der Waals surface area contributed by atoms with Crippen LogP contribution in [-0.4, -0.2) is 46.8 Å². The maximum absolute atomic E-state index is 13.6. The number of ether oxygens (including phenoxy) is 3. The normalized spacial score (nSPS) is 20.3. The number of fused-ring (bicyclic) bond motifs is 1. The molecule has 0 unspecified atom stereocenters. The average molecular weight is 523 g/mol. The van der Waals surface area contributed by atoms with Crippen LogP contribution in [0.2, 0.25) is 5.02 Å². The predicted octanol–water partition coefficient (Wildman–Crippen LogP) is 3.56. The van der Waals surface area contributed by atoms with Crippen LogP contribution in [0, 0.1) is 5.92 Å². The zero-order chi connectivity index (χ0) is 26.5. The second-order valence-electron chi connectivity index (χ2n) is 8.80. The third-order valence-electron chi connectivity index (χ3n) is 6.66. The molecule has 1 spiro atoms. The van der Waals surface area contributed by atoms with Crippen LogP contribution in [0.4, 0.5) is 5.69 Å². The van der Waals surface area contributed by atoms with E-state index in [0.29, 0.717) is 23.5 Å². The number of nitrogens with one attached hydrogen (secondary N) is 1. The van der Waals surface area contributed by atoms with Gasteiger partial charge in [-0.25, -0.2) is 4.98 Å². The van der Waals surface area contributed by atoms with Gasteiger partial charge in [0.2, 0.25) is 17.2 Å². The van der Waals surface area contributed by atoms with Gasteiger partial charge in [-0.3, -0.25) is 14.4 Å². The van der Waals surface area contributed by atoms with Gasteiger partial charge in [-0.2, -0.15) is 0 Å². The summed E-state index contributed by atoms with van der Waals surface area (Å²) in [6.45, 7) is 1.75. The van der Waals surface area contributed by atoms with E-state index in [1.807, 2.05) is 0 Å². The summed E-state index contributed by atoms with van der Waals surface area (Å²) >= 11 is 6.43. The number of carbonyl (C=O) groups excluding carboxylic acids is 3. The van der Waals surface area contributed by atoms with E-state index in [1.54, 1.807) is 48.4 Å². The Bertz CT molecular complexity index is 1480. The molecule has 2 atom stereocenters. The molecule has 0 bridgehead atoms. The summed E-state index contributed by atoms with van der Waals surface area (Å²) in [6, 6.07) is 6.57. The van der Waals surface area contributed by atoms with Gasteiger partial charge < -0.3 is 29.8 Å². The van der Waals surface area contributed by atoms with Crippen LogP contribution in [0.15, 0.2) is 54.8 Å². The van der Waals surface area contributed by atoms with E-state index in [9.17, 15) is 14.4 Å². The number of hydrogen-bond acceptors (Lipinski definition) is 8. The second-order valence-corrected chi connectivity index (χ2v) is 9.17. The molecule has 1 aromatic heterocycles. The number of halogens is 1. The quantitative estimate of drug-likeness (QED) is 0.469. The first kappa shape index (κ1) is 24.4. The van der Waals surface area contributed by atoms with Gasteiger partial charge in [0.1, 0.15) is 22.1 Å². The number of nitrogens with zero attached hydrogens (tertiary/aromatic N) is 2. The molecule has 3 aromatic rings. The molecule has 37 heavy (non-hydrogen) atoms. The Labute approximate surface area is 217 Å². The summed E-state index contributed by atoms with van der Waals surface area (Å²) < 4.78 is 18.4. The van der Waals surface area contributed by atoms with Gasteiger partial charge in [0.05, 0.1) is 31.8 Å². The first-order valence-corrected chi connectivity index (χ1v) is 11.7. The van der Waals surface area contributed by atoms with Crippen LogP contribution in [-0.2, 0) is 4.79 Å². The zero-order valence-corrected chi connectivity index (χ0v) is 21.0. The SMILES string of the molecule is COc1cc(OC)c2c(c1Cl)O[C@@]1(C(=O)C=C(Nc3ccc(-n4ccnc4)c(C(N)=O)c3)C[C@H]1C)C2=O. The van der Waals surface area contributed by atoms with Crippen molar-refractivity contribution in [3.63, 3.8) is 0 Å². The molecular weight excluding hydrogens is 500 g/mol. The summed E-state index contributed by atoms with van der Waals surface area (Å²) in [4.78, 5) is 43.2. The highest BCUT2D eigenvalue weighted by Crippen LogP contribution is 2.53. The smallest absolute Gasteiger partial charge is 0.250 e. The van der Waals surface area contributed by atoms with E-state index in [2.05, 4.69) is 10.3 Å². The zero-order valence-electron chi connectivity index (χ0n) is 20.2. The van der Waals surface area contributed by atoms with Gasteiger partial charge in [0.15, 0.2) is 5.75 Å². The lowest BCUT2D eigenvalue weighted by molar-refractivity contribution is -0.129. The Hall–Kier alpha value is -4.31. The van der Waals surface area contributed by atoms with Crippen molar-refractivity contribution in [3.8, 4) is 22.9 Å². The molecule has 3 N–H and O–H groups in total. The summed E-state index contributed by atoms with van der Waals surface area (Å²) in [5, 5.41) is 3.27. The number of rotatable bonds is 6. The summed E-state index contributed by atoms with van der Waals surface area (Å²) in [6.07, 6.45) is 6.50. The lowest BCUT2D eigenvalue weighted by Crippen LogP contribution is -2.55. The molecule has 1 aliphatic carbocycles. The minimum atomic E-state index is -1.78. The second kappa shape index (κ2) is 8.97. The number of aromatic nitrogens is 2. The molecule has 1 aliphatic heterocycles. The molecule has 11 heteroatoms. The van der Waals surface area contributed by atoms with Gasteiger partial charge in [-0.1, -0.05) is 18.5 Å². The van der Waals surface area contributed by atoms with Crippen molar-refractivity contribution in [3.05, 3.63) is 70.9 Å². The number of carbonyl (C=O) groups is 3. The standard InChI is InChI=1S/C26H23ClN4O6/c1-13-8-15(30-14-4-5-17(16(9-14)25(28)34)31-7-6-29-12-31)10-20(32)26(13)24(33)21-18(35-2)11-19(36-3)22(27)23(21)37-26/h4-7,9-13,30H,8H2,1-3H3,(H2,28,34)/t13-,26+/m1/s1. The van der Waals surface area contributed by atoms with Gasteiger partial charge in [-0.05, 0) is 24.6 Å². The summed E-state index contributed by atoms with van der Waals surface area (Å²) in [7, 11) is 2.84. The van der Waals surface area contributed by atoms with Gasteiger partial charge in [0, 0.05) is 41.8 Å². The fourth-order valence-electron chi connectivity index (χ4n) is 4.84. The number of amides is 1. The number of allylic oxidation sites excluding steroid dienone is 1. The van der Waals surface area contributed by atoms with Gasteiger partial charge >= 0.3 is 0 Å². The number of Topliss-reactive ketones (excluding diaryl/α,β-unsaturated/α-hetero) is 1. The molecule has 5 rings (SSSR count). The molecule has 0 saturated heterocycles. The van der Waals surface area contributed by atoms with Gasteiger partial charge in [-0.15, -0.1) is 0 Å². The van der Waals surface area contributed by atoms with Crippen LogP contribution in [0.25, 0.3) is 5.69 Å². The number of anilines is 1. The van der Waals surface area contributed by atoms with E-state index in [1.165, 1.54) is 26.4 Å². The van der Waals surface area contributed by atoms with E-state index in [-0.39, 0.29) is 33.4 Å². The lowest BCUT2D eigenvalue weighted by atomic mass is 9.74. The van der Waals surface area contributed by atoms with Crippen molar-refractivity contribution in [2.75, 3.05) is 19.5 Å². The number of methoxy groups -OCH3 is 2. The molecule has 10 nitrogen and oxygen atoms in total. The number of nitrogens with two attached hydrogens (primary N) is 1. The van der Waals surface area contributed by atoms with Crippen molar-refractivity contribution in [1.29, 1.82) is 0 Å². The van der Waals surface area contributed by atoms with Crippen molar-refractivity contribution >= 4 is 34.8 Å². The average Bonchev–Trinajstić information content (AvgIpc) is 3.51. The fraction of sp³-hybridized carbons (Fsp3) is 0.231. The highest BCUT2D eigenvalue weighted by molar-refractivity contribution is 6.36. The first-order chi connectivity index (χ1) is 17.7. The number of primary amides is 1. The van der Waals surface area contributed by atoms with Crippen LogP contribution < -0.4 is 25.3 Å². The van der Waals surface area contributed by atoms with Crippen LogP contribution >= 0.6 is 11.6 Å². The number of benzene rings is 2. The van der Waals surface area contributed by atoms with Crippen LogP contribution in [0.3, 0.4) is 0 Å². The van der Waals surface area contributed by atoms with E-state index in [0.717, 1.165) is 0 Å². The maximum Gasteiger partial charge on any atom is 0.250 e. The molecule has 190 valence electrons. The number of imidazole rings is 1. The minimum Gasteiger partial charge on any atom is -0.496 e. The summed E-state index contributed by atoms with van der Waals surface area (Å²) in [5.41, 5.74) is 5.89. The van der Waals surface area contributed by atoms with E-state index >= 15 is 0 Å². The van der Waals surface area contributed by atoms with Crippen molar-refractivity contribution in [2.45, 2.75) is 18.9 Å². The Balaban J connectivity index is 1.47. The molecule has 2 aromatic carbocycles. The molecule has 2 aliphatic rings. The van der Waals surface area contributed by atoms with Crippen LogP contribution in [0.1, 0.15) is 34.1 Å². The van der Waals surface area contributed by atoms with E-state index < -0.39 is 29.0 Å². The largest absolute Gasteiger partial charge is 0.496 e. The van der Waals surface area contributed by atoms with Gasteiger partial charge in [0.25, 0.3) is 5.91 Å². The third kappa shape index (κ3) is 3.72. The predicted molar refractivity (Wildman–Crippen MR) is 135 cm³/mol. The van der Waals surface area contributed by atoms with Crippen molar-refractivity contribution < 1.29 is 28.6 Å². The highest BCUT2D eigenvalue weighted by Gasteiger charge is 2.60. The van der Waals surface area contributed by atoms with Crippen molar-refractivity contribution in [1.82, 2.24) is 9.55 Å². The number of hydrogen-bond donors (Lipinski definition) is 2. The first-order valence-electron chi connectivity index (χ1n) is 11.3. The fourth-order valence-corrected chi connectivity index (χ4v) is 5.10. The lowest BCUT2D eigenvalue weighted by Gasteiger charge is -2.35. The Morgan fingerprint density at radius 3 is 2.62 bits per heavy atom. The topological polar surface area (TPSA) is 135 Å². The van der Waals surface area contributed by atoms with Crippen molar-refractivity contribution in [2.24, 2.45) is 11.7 Å². The van der Waals surface area contributed by atoms with Crippen LogP contribution in [0.5, 0.6) is 17.2 Å². The summed E-state index contributed by atoms with van der Waals surface area (Å²) in [5.74, 6) is -1.68. The monoisotopic (exact) mass is 522 g/mol. The third-order valence-corrected chi connectivity index (χ3v) is 7.02. The molecule has 1 amide bonds. The molecule has 0 fully saturated rings. The minimum absolute atomic E-state index is 0.0640. The molecule has 0 saturated carbocycles. The van der Waals surface area contributed by atoms with E-state index in [4.69, 9.17) is 31.5 Å². The Kier molecular flexibility index (Phi) is 5.91. The molecular formula is C26H23ClN4O6.